The third-order valence-corrected chi connectivity index (χ3v) is 3.38. The second-order valence-electron chi connectivity index (χ2n) is 4.93. The van der Waals surface area contributed by atoms with Crippen molar-refractivity contribution in [2.24, 2.45) is 0 Å². The number of aromatic nitrogens is 1. The maximum absolute atomic E-state index is 12.1. The van der Waals surface area contributed by atoms with Crippen LogP contribution in [-0.2, 0) is 11.3 Å². The molecule has 0 radical (unpaired) electrons. The summed E-state index contributed by atoms with van der Waals surface area (Å²) < 4.78 is 1.89. The number of rotatable bonds is 3. The van der Waals surface area contributed by atoms with Crippen LogP contribution in [0.5, 0.6) is 0 Å². The number of likely N-dealkylation sites (N-methyl/N-ethyl adjacent to an activating group) is 1. The monoisotopic (exact) mass is 255 g/mol. The summed E-state index contributed by atoms with van der Waals surface area (Å²) in [4.78, 5) is 13.8. The molecule has 1 aromatic heterocycles. The third-order valence-electron chi connectivity index (χ3n) is 3.38. The number of carbonyl (C=O) groups excluding carboxylic acids is 1. The number of hydrogen-bond acceptors (Lipinski definition) is 2. The molecule has 0 aliphatic heterocycles. The quantitative estimate of drug-likeness (QED) is 0.845. The minimum Gasteiger partial charge on any atom is -0.342 e. The Morgan fingerprint density at radius 1 is 1.42 bits per heavy atom. The molecule has 98 valence electrons. The fourth-order valence-electron chi connectivity index (χ4n) is 1.94. The van der Waals surface area contributed by atoms with E-state index in [1.807, 2.05) is 42.8 Å². The van der Waals surface area contributed by atoms with Gasteiger partial charge >= 0.3 is 0 Å². The largest absolute Gasteiger partial charge is 0.342 e. The van der Waals surface area contributed by atoms with Gasteiger partial charge < -0.3 is 9.47 Å². The summed E-state index contributed by atoms with van der Waals surface area (Å²) >= 11 is 0. The molecule has 1 aromatic carbocycles. The van der Waals surface area contributed by atoms with Crippen LogP contribution in [0.15, 0.2) is 30.5 Å². The van der Waals surface area contributed by atoms with Crippen molar-refractivity contribution in [3.63, 3.8) is 0 Å². The zero-order chi connectivity index (χ0) is 14.0. The van der Waals surface area contributed by atoms with E-state index in [-0.39, 0.29) is 11.9 Å². The zero-order valence-corrected chi connectivity index (χ0v) is 11.4. The first-order valence-electron chi connectivity index (χ1n) is 6.27. The Balaban J connectivity index is 2.31. The van der Waals surface area contributed by atoms with Crippen LogP contribution >= 0.6 is 0 Å². The summed E-state index contributed by atoms with van der Waals surface area (Å²) in [5, 5.41) is 9.97. The second kappa shape index (κ2) is 5.15. The van der Waals surface area contributed by atoms with E-state index in [1.54, 1.807) is 18.0 Å². The SMILES string of the molecule is CC(C)N(C)C(=O)Cn1ccc2ccc(C#N)cc21. The molecule has 0 aliphatic rings. The van der Waals surface area contributed by atoms with Crippen molar-refractivity contribution in [2.45, 2.75) is 26.4 Å². The zero-order valence-electron chi connectivity index (χ0n) is 11.4. The molecule has 0 saturated heterocycles. The maximum atomic E-state index is 12.1. The summed E-state index contributed by atoms with van der Waals surface area (Å²) in [5.41, 5.74) is 1.53. The van der Waals surface area contributed by atoms with Crippen LogP contribution in [-0.4, -0.2) is 28.5 Å². The highest BCUT2D eigenvalue weighted by atomic mass is 16.2. The molecule has 19 heavy (non-hydrogen) atoms. The van der Waals surface area contributed by atoms with Gasteiger partial charge in [0.2, 0.25) is 5.91 Å². The number of fused-ring (bicyclic) bond motifs is 1. The van der Waals surface area contributed by atoms with E-state index < -0.39 is 0 Å². The van der Waals surface area contributed by atoms with Gasteiger partial charge in [-0.15, -0.1) is 0 Å². The van der Waals surface area contributed by atoms with Gasteiger partial charge in [-0.05, 0) is 37.4 Å². The topological polar surface area (TPSA) is 49.0 Å². The molecule has 2 rings (SSSR count). The number of carbonyl (C=O) groups is 1. The molecule has 0 bridgehead atoms. The summed E-state index contributed by atoms with van der Waals surface area (Å²) in [7, 11) is 1.80. The van der Waals surface area contributed by atoms with Gasteiger partial charge in [-0.3, -0.25) is 4.79 Å². The van der Waals surface area contributed by atoms with Crippen LogP contribution in [0, 0.1) is 11.3 Å². The molecule has 4 nitrogen and oxygen atoms in total. The number of benzene rings is 1. The Hall–Kier alpha value is -2.28. The van der Waals surface area contributed by atoms with Crippen LogP contribution < -0.4 is 0 Å². The average molecular weight is 255 g/mol. The van der Waals surface area contributed by atoms with Gasteiger partial charge in [0.25, 0.3) is 0 Å². The van der Waals surface area contributed by atoms with Crippen molar-refractivity contribution in [3.05, 3.63) is 36.0 Å². The molecule has 0 saturated carbocycles. The highest BCUT2D eigenvalue weighted by Crippen LogP contribution is 2.17. The van der Waals surface area contributed by atoms with Gasteiger partial charge in [0.1, 0.15) is 6.54 Å². The molecule has 4 heteroatoms. The smallest absolute Gasteiger partial charge is 0.242 e. The first-order chi connectivity index (χ1) is 9.02. The molecular weight excluding hydrogens is 238 g/mol. The molecule has 2 aromatic rings. The highest BCUT2D eigenvalue weighted by molar-refractivity contribution is 5.84. The van der Waals surface area contributed by atoms with Crippen molar-refractivity contribution in [1.82, 2.24) is 9.47 Å². The van der Waals surface area contributed by atoms with Crippen LogP contribution in [0.1, 0.15) is 19.4 Å². The minimum absolute atomic E-state index is 0.0647. The summed E-state index contributed by atoms with van der Waals surface area (Å²) in [5.74, 6) is 0.0647. The average Bonchev–Trinajstić information content (AvgIpc) is 2.80. The molecule has 1 heterocycles. The lowest BCUT2D eigenvalue weighted by Crippen LogP contribution is -2.35. The van der Waals surface area contributed by atoms with Gasteiger partial charge in [-0.25, -0.2) is 0 Å². The van der Waals surface area contributed by atoms with E-state index in [1.165, 1.54) is 0 Å². The molecule has 0 fully saturated rings. The normalized spacial score (nSPS) is 10.7. The van der Waals surface area contributed by atoms with Crippen molar-refractivity contribution in [2.75, 3.05) is 7.05 Å². The molecule has 0 N–H and O–H groups in total. The lowest BCUT2D eigenvalue weighted by Gasteiger charge is -2.21. The summed E-state index contributed by atoms with van der Waals surface area (Å²) in [6.07, 6.45) is 1.89. The van der Waals surface area contributed by atoms with Crippen LogP contribution in [0.2, 0.25) is 0 Å². The van der Waals surface area contributed by atoms with Crippen LogP contribution in [0.3, 0.4) is 0 Å². The fourth-order valence-corrected chi connectivity index (χ4v) is 1.94. The maximum Gasteiger partial charge on any atom is 0.242 e. The number of nitriles is 1. The molecule has 0 unspecified atom stereocenters. The standard InChI is InChI=1S/C15H17N3O/c1-11(2)17(3)15(19)10-18-7-6-13-5-4-12(9-16)8-14(13)18/h4-8,11H,10H2,1-3H3. The van der Waals surface area contributed by atoms with Crippen LogP contribution in [0.25, 0.3) is 10.9 Å². The van der Waals surface area contributed by atoms with E-state index in [9.17, 15) is 4.79 Å². The van der Waals surface area contributed by atoms with Gasteiger partial charge in [0.05, 0.1) is 11.6 Å². The van der Waals surface area contributed by atoms with E-state index in [4.69, 9.17) is 5.26 Å². The predicted octanol–water partition coefficient (Wildman–Crippen LogP) is 2.38. The number of nitrogens with zero attached hydrogens (tertiary/aromatic N) is 3. The lowest BCUT2D eigenvalue weighted by atomic mass is 10.2. The molecule has 0 spiro atoms. The predicted molar refractivity (Wildman–Crippen MR) is 74.6 cm³/mol. The van der Waals surface area contributed by atoms with Crippen molar-refractivity contribution >= 4 is 16.8 Å². The van der Waals surface area contributed by atoms with E-state index in [0.29, 0.717) is 12.1 Å². The molecule has 0 atom stereocenters. The Bertz CT molecular complexity index is 649. The van der Waals surface area contributed by atoms with Gasteiger partial charge in [-0.2, -0.15) is 5.26 Å². The minimum atomic E-state index is 0.0647. The third kappa shape index (κ3) is 2.60. The lowest BCUT2D eigenvalue weighted by molar-refractivity contribution is -0.131. The Labute approximate surface area is 112 Å². The fraction of sp³-hybridized carbons (Fsp3) is 0.333. The van der Waals surface area contributed by atoms with Crippen LogP contribution in [0.4, 0.5) is 0 Å². The second-order valence-corrected chi connectivity index (χ2v) is 4.93. The number of amides is 1. The summed E-state index contributed by atoms with van der Waals surface area (Å²) in [6.45, 7) is 4.27. The number of hydrogen-bond donors (Lipinski definition) is 0. The molecular formula is C15H17N3O. The van der Waals surface area contributed by atoms with Gasteiger partial charge in [0.15, 0.2) is 0 Å². The van der Waals surface area contributed by atoms with Crippen molar-refractivity contribution < 1.29 is 4.79 Å². The van der Waals surface area contributed by atoms with E-state index >= 15 is 0 Å². The highest BCUT2D eigenvalue weighted by Gasteiger charge is 2.13. The van der Waals surface area contributed by atoms with Gasteiger partial charge in [-0.1, -0.05) is 6.07 Å². The van der Waals surface area contributed by atoms with Crippen molar-refractivity contribution in [3.8, 4) is 6.07 Å². The first-order valence-corrected chi connectivity index (χ1v) is 6.27. The molecule has 0 aliphatic carbocycles. The molecule has 1 amide bonds. The Morgan fingerprint density at radius 3 is 2.79 bits per heavy atom. The van der Waals surface area contributed by atoms with Crippen molar-refractivity contribution in [1.29, 1.82) is 5.26 Å². The van der Waals surface area contributed by atoms with Gasteiger partial charge in [0, 0.05) is 24.8 Å². The van der Waals surface area contributed by atoms with E-state index in [0.717, 1.165) is 10.9 Å². The Kier molecular flexibility index (Phi) is 3.57. The Morgan fingerprint density at radius 2 is 2.16 bits per heavy atom. The summed E-state index contributed by atoms with van der Waals surface area (Å²) in [6, 6.07) is 9.77. The first kappa shape index (κ1) is 13.2. The van der Waals surface area contributed by atoms with E-state index in [2.05, 4.69) is 6.07 Å².